The Morgan fingerprint density at radius 1 is 1.00 bits per heavy atom. The molecule has 0 radical (unpaired) electrons. The summed E-state index contributed by atoms with van der Waals surface area (Å²) >= 11 is 0. The molecule has 2 amide bonds. The van der Waals surface area contributed by atoms with Crippen LogP contribution < -0.4 is 19.7 Å². The van der Waals surface area contributed by atoms with Gasteiger partial charge in [0.25, 0.3) is 0 Å². The van der Waals surface area contributed by atoms with Crippen molar-refractivity contribution in [2.45, 2.75) is 52.4 Å². The normalized spacial score (nSPS) is 14.8. The Morgan fingerprint density at radius 3 is 2.14 bits per heavy atom. The Kier molecular flexibility index (Phi) is 7.04. The number of nitrogens with one attached hydrogen (secondary N) is 1. The van der Waals surface area contributed by atoms with Crippen LogP contribution in [0.5, 0.6) is 11.5 Å². The second-order valence-corrected chi connectivity index (χ2v) is 9.47. The highest BCUT2D eigenvalue weighted by Crippen LogP contribution is 2.36. The molecule has 7 nitrogen and oxygen atoms in total. The number of ether oxygens (including phenoxy) is 2. The Labute approximate surface area is 211 Å². The quantitative estimate of drug-likeness (QED) is 0.500. The zero-order valence-electron chi connectivity index (χ0n) is 21.3. The maximum absolute atomic E-state index is 13.0. The van der Waals surface area contributed by atoms with Crippen molar-refractivity contribution in [2.75, 3.05) is 17.3 Å². The maximum atomic E-state index is 13.0. The van der Waals surface area contributed by atoms with Gasteiger partial charge < -0.3 is 24.8 Å². The Bertz CT molecular complexity index is 1260. The zero-order valence-corrected chi connectivity index (χ0v) is 21.3. The molecule has 36 heavy (non-hydrogen) atoms. The van der Waals surface area contributed by atoms with Crippen LogP contribution in [-0.4, -0.2) is 30.1 Å². The van der Waals surface area contributed by atoms with Gasteiger partial charge in [0, 0.05) is 18.3 Å². The standard InChI is InChI=1S/C29H32N2O5/c1-18(2)36-27-15-21-17-31(28(33)16-20(21)14-26(27)35-5)25-12-8-23(9-13-25)29(4,34)22-6-10-24(11-7-22)30-19(3)32/h6-15,18,34H,16-17H2,1-5H3,(H,30,32)/t29-/m1/s1. The van der Waals surface area contributed by atoms with Crippen LogP contribution in [0.1, 0.15) is 49.9 Å². The van der Waals surface area contributed by atoms with E-state index in [2.05, 4.69) is 5.32 Å². The van der Waals surface area contributed by atoms with E-state index < -0.39 is 5.60 Å². The number of fused-ring (bicyclic) bond motifs is 1. The third-order valence-corrected chi connectivity index (χ3v) is 6.33. The molecule has 3 aromatic rings. The molecule has 188 valence electrons. The largest absolute Gasteiger partial charge is 0.493 e. The molecule has 1 aliphatic heterocycles. The summed E-state index contributed by atoms with van der Waals surface area (Å²) in [5, 5.41) is 14.0. The molecule has 7 heteroatoms. The minimum absolute atomic E-state index is 0.000199. The number of methoxy groups -OCH3 is 1. The number of rotatable bonds is 7. The summed E-state index contributed by atoms with van der Waals surface area (Å²) in [6.07, 6.45) is 0.272. The molecule has 0 saturated carbocycles. The fourth-order valence-electron chi connectivity index (χ4n) is 4.43. The number of hydrogen-bond acceptors (Lipinski definition) is 5. The lowest BCUT2D eigenvalue weighted by Gasteiger charge is -2.31. The maximum Gasteiger partial charge on any atom is 0.231 e. The molecule has 0 aromatic heterocycles. The molecular weight excluding hydrogens is 456 g/mol. The van der Waals surface area contributed by atoms with Gasteiger partial charge in [-0.25, -0.2) is 0 Å². The van der Waals surface area contributed by atoms with Crippen molar-refractivity contribution < 1.29 is 24.2 Å². The molecule has 1 heterocycles. The minimum Gasteiger partial charge on any atom is -0.493 e. The van der Waals surface area contributed by atoms with E-state index in [1.165, 1.54) is 6.92 Å². The highest BCUT2D eigenvalue weighted by Gasteiger charge is 2.29. The van der Waals surface area contributed by atoms with Crippen LogP contribution in [0.4, 0.5) is 11.4 Å². The number of aliphatic hydroxyl groups is 1. The van der Waals surface area contributed by atoms with Gasteiger partial charge in [-0.2, -0.15) is 0 Å². The topological polar surface area (TPSA) is 88.1 Å². The summed E-state index contributed by atoms with van der Waals surface area (Å²) in [6, 6.07) is 18.3. The summed E-state index contributed by atoms with van der Waals surface area (Å²) in [5.74, 6) is 1.13. The van der Waals surface area contributed by atoms with Crippen molar-refractivity contribution in [2.24, 2.45) is 0 Å². The number of amides is 2. The third-order valence-electron chi connectivity index (χ3n) is 6.33. The second-order valence-electron chi connectivity index (χ2n) is 9.47. The van der Waals surface area contributed by atoms with Gasteiger partial charge >= 0.3 is 0 Å². The number of carbonyl (C=O) groups is 2. The number of hydrogen-bond donors (Lipinski definition) is 2. The summed E-state index contributed by atoms with van der Waals surface area (Å²) in [5.41, 5.74) is 3.52. The predicted octanol–water partition coefficient (Wildman–Crippen LogP) is 4.79. The van der Waals surface area contributed by atoms with Crippen LogP contribution in [0.2, 0.25) is 0 Å². The van der Waals surface area contributed by atoms with Crippen molar-refractivity contribution in [3.8, 4) is 11.5 Å². The van der Waals surface area contributed by atoms with Crippen molar-refractivity contribution >= 4 is 23.2 Å². The zero-order chi connectivity index (χ0) is 26.0. The molecule has 4 rings (SSSR count). The van der Waals surface area contributed by atoms with Gasteiger partial charge in [0.15, 0.2) is 11.5 Å². The highest BCUT2D eigenvalue weighted by molar-refractivity contribution is 5.96. The summed E-state index contributed by atoms with van der Waals surface area (Å²) in [6.45, 7) is 7.52. The second kappa shape index (κ2) is 10.0. The molecule has 0 spiro atoms. The third kappa shape index (κ3) is 5.21. The predicted molar refractivity (Wildman–Crippen MR) is 140 cm³/mol. The molecule has 0 bridgehead atoms. The number of carbonyl (C=O) groups excluding carboxylic acids is 2. The molecule has 1 atom stereocenters. The van der Waals surface area contributed by atoms with E-state index in [-0.39, 0.29) is 24.3 Å². The van der Waals surface area contributed by atoms with E-state index in [0.29, 0.717) is 34.9 Å². The van der Waals surface area contributed by atoms with E-state index >= 15 is 0 Å². The van der Waals surface area contributed by atoms with Gasteiger partial charge in [0.2, 0.25) is 11.8 Å². The fraction of sp³-hybridized carbons (Fsp3) is 0.310. The monoisotopic (exact) mass is 488 g/mol. The van der Waals surface area contributed by atoms with Crippen LogP contribution in [0, 0.1) is 0 Å². The molecular formula is C29H32N2O5. The SMILES string of the molecule is COc1cc2c(cc1OC(C)C)CN(c1ccc([C@](C)(O)c3ccc(NC(C)=O)cc3)cc1)C(=O)C2. The van der Waals surface area contributed by atoms with Crippen LogP contribution in [0.3, 0.4) is 0 Å². The Hall–Kier alpha value is -3.84. The smallest absolute Gasteiger partial charge is 0.231 e. The molecule has 0 aliphatic carbocycles. The number of nitrogens with zero attached hydrogens (tertiary/aromatic N) is 1. The van der Waals surface area contributed by atoms with E-state index in [9.17, 15) is 14.7 Å². The lowest BCUT2D eigenvalue weighted by molar-refractivity contribution is -0.118. The Morgan fingerprint density at radius 2 is 1.58 bits per heavy atom. The average Bonchev–Trinajstić information content (AvgIpc) is 2.83. The lowest BCUT2D eigenvalue weighted by atomic mass is 9.88. The highest BCUT2D eigenvalue weighted by atomic mass is 16.5. The molecule has 2 N–H and O–H groups in total. The van der Waals surface area contributed by atoms with Crippen LogP contribution >= 0.6 is 0 Å². The van der Waals surface area contributed by atoms with Crippen LogP contribution in [0.25, 0.3) is 0 Å². The first-order valence-electron chi connectivity index (χ1n) is 12.0. The van der Waals surface area contributed by atoms with Crippen molar-refractivity contribution in [3.05, 3.63) is 82.9 Å². The first kappa shape index (κ1) is 25.3. The van der Waals surface area contributed by atoms with Gasteiger partial charge in [-0.3, -0.25) is 9.59 Å². The van der Waals surface area contributed by atoms with Crippen molar-refractivity contribution in [1.29, 1.82) is 0 Å². The van der Waals surface area contributed by atoms with Gasteiger partial charge in [-0.05, 0) is 79.4 Å². The summed E-state index contributed by atoms with van der Waals surface area (Å²) < 4.78 is 11.4. The van der Waals surface area contributed by atoms with E-state index in [1.807, 2.05) is 50.2 Å². The molecule has 0 saturated heterocycles. The first-order valence-corrected chi connectivity index (χ1v) is 12.0. The number of benzene rings is 3. The van der Waals surface area contributed by atoms with Crippen LogP contribution in [-0.2, 0) is 28.2 Å². The van der Waals surface area contributed by atoms with Crippen molar-refractivity contribution in [3.63, 3.8) is 0 Å². The summed E-state index contributed by atoms with van der Waals surface area (Å²) in [7, 11) is 1.60. The van der Waals surface area contributed by atoms with Gasteiger partial charge in [-0.15, -0.1) is 0 Å². The molecule has 0 fully saturated rings. The van der Waals surface area contributed by atoms with Gasteiger partial charge in [0.05, 0.1) is 26.2 Å². The molecule has 0 unspecified atom stereocenters. The molecule has 3 aromatic carbocycles. The lowest BCUT2D eigenvalue weighted by Crippen LogP contribution is -2.36. The number of anilines is 2. The van der Waals surface area contributed by atoms with E-state index in [1.54, 1.807) is 43.2 Å². The van der Waals surface area contributed by atoms with E-state index in [4.69, 9.17) is 9.47 Å². The van der Waals surface area contributed by atoms with Crippen LogP contribution in [0.15, 0.2) is 60.7 Å². The summed E-state index contributed by atoms with van der Waals surface area (Å²) in [4.78, 5) is 26.0. The average molecular weight is 489 g/mol. The Balaban J connectivity index is 1.56. The fourth-order valence-corrected chi connectivity index (χ4v) is 4.43. The first-order chi connectivity index (χ1) is 17.1. The molecule has 1 aliphatic rings. The minimum atomic E-state index is -1.24. The van der Waals surface area contributed by atoms with Crippen molar-refractivity contribution in [1.82, 2.24) is 0 Å². The van der Waals surface area contributed by atoms with E-state index in [0.717, 1.165) is 16.8 Å². The van der Waals surface area contributed by atoms with Gasteiger partial charge in [-0.1, -0.05) is 24.3 Å². The van der Waals surface area contributed by atoms with Gasteiger partial charge in [0.1, 0.15) is 5.60 Å².